The summed E-state index contributed by atoms with van der Waals surface area (Å²) in [6.07, 6.45) is 0. The molecule has 1 rings (SSSR count). The van der Waals surface area contributed by atoms with Crippen molar-refractivity contribution in [2.45, 2.75) is 26.3 Å². The Bertz CT molecular complexity index is 411. The first kappa shape index (κ1) is 17.8. The highest BCUT2D eigenvalue weighted by Crippen LogP contribution is 2.24. The smallest absolute Gasteiger partial charge is 0.269 e. The molecule has 0 bridgehead atoms. The quantitative estimate of drug-likeness (QED) is 0.646. The molecule has 0 saturated carbocycles. The van der Waals surface area contributed by atoms with E-state index in [1.165, 1.54) is 4.53 Å². The molecule has 0 unspecified atom stereocenters. The van der Waals surface area contributed by atoms with Crippen LogP contribution >= 0.6 is 47.4 Å². The van der Waals surface area contributed by atoms with Crippen molar-refractivity contribution >= 4 is 53.3 Å². The zero-order chi connectivity index (χ0) is 13.2. The third-order valence-electron chi connectivity index (χ3n) is 1.98. The Balaban J connectivity index is 0.00000289. The molecule has 0 radical (unpaired) electrons. The fourth-order valence-corrected chi connectivity index (χ4v) is 1.67. The lowest BCUT2D eigenvalue weighted by atomic mass is 10.1. The third kappa shape index (κ3) is 4.48. The lowest BCUT2D eigenvalue weighted by molar-refractivity contribution is 0.0806. The van der Waals surface area contributed by atoms with E-state index in [-0.39, 0.29) is 28.0 Å². The summed E-state index contributed by atoms with van der Waals surface area (Å²) in [5.41, 5.74) is 2.31. The molecule has 1 aromatic rings. The van der Waals surface area contributed by atoms with Crippen LogP contribution in [-0.4, -0.2) is 16.0 Å². The number of rotatable bonds is 2. The van der Waals surface area contributed by atoms with Crippen LogP contribution in [0.4, 0.5) is 0 Å². The predicted molar refractivity (Wildman–Crippen MR) is 78.6 cm³/mol. The average Bonchev–Trinajstić information content (AvgIpc) is 2.15. The molecule has 0 fully saturated rings. The Labute approximate surface area is 128 Å². The highest BCUT2D eigenvalue weighted by Gasteiger charge is 2.23. The largest absolute Gasteiger partial charge is 0.270 e. The summed E-state index contributed by atoms with van der Waals surface area (Å²) in [5.74, 6) is -0.439. The van der Waals surface area contributed by atoms with E-state index in [0.717, 1.165) is 0 Å². The molecule has 0 aromatic heterocycles. The van der Waals surface area contributed by atoms with Gasteiger partial charge in [-0.05, 0) is 32.9 Å². The van der Waals surface area contributed by atoms with Crippen molar-refractivity contribution in [2.75, 3.05) is 0 Å². The molecular weight excluding hydrogens is 318 g/mol. The number of benzene rings is 1. The number of nitrogens with zero attached hydrogens (tertiary/aromatic N) is 1. The van der Waals surface area contributed by atoms with Crippen molar-refractivity contribution in [3.8, 4) is 0 Å². The Morgan fingerprint density at radius 3 is 2.06 bits per heavy atom. The summed E-state index contributed by atoms with van der Waals surface area (Å²) in [7, 11) is 0. The van der Waals surface area contributed by atoms with Crippen LogP contribution in [-0.2, 0) is 0 Å². The van der Waals surface area contributed by atoms with Crippen molar-refractivity contribution in [2.24, 2.45) is 0 Å². The minimum Gasteiger partial charge on any atom is -0.270 e. The van der Waals surface area contributed by atoms with E-state index in [2.05, 4.69) is 5.43 Å². The van der Waals surface area contributed by atoms with Gasteiger partial charge in [-0.15, -0.1) is 16.9 Å². The number of hydrazine groups is 1. The summed E-state index contributed by atoms with van der Waals surface area (Å²) >= 11 is 17.8. The average molecular weight is 332 g/mol. The molecule has 0 atom stereocenters. The summed E-state index contributed by atoms with van der Waals surface area (Å²) in [6.45, 7) is 5.57. The third-order valence-corrected chi connectivity index (χ3v) is 3.20. The first-order chi connectivity index (χ1) is 7.73. The van der Waals surface area contributed by atoms with Gasteiger partial charge in [0, 0.05) is 17.3 Å². The van der Waals surface area contributed by atoms with Gasteiger partial charge in [0.25, 0.3) is 5.91 Å². The van der Waals surface area contributed by atoms with Gasteiger partial charge in [-0.25, -0.2) is 0 Å². The Morgan fingerprint density at radius 2 is 1.67 bits per heavy atom. The SMILES string of the molecule is CC(C)(C)N(Cl)NC(=O)c1c(Cl)cccc1Cl.Cl. The second-order valence-corrected chi connectivity index (χ2v) is 5.64. The molecular formula is C11H14Cl4N2O. The van der Waals surface area contributed by atoms with Gasteiger partial charge < -0.3 is 0 Å². The second-order valence-electron chi connectivity index (χ2n) is 4.49. The van der Waals surface area contributed by atoms with Crippen molar-refractivity contribution in [1.82, 2.24) is 9.95 Å². The Kier molecular flexibility index (Phi) is 6.75. The van der Waals surface area contributed by atoms with Gasteiger partial charge in [-0.3, -0.25) is 10.2 Å². The molecule has 1 N–H and O–H groups in total. The Morgan fingerprint density at radius 1 is 1.22 bits per heavy atom. The minimum atomic E-state index is -0.439. The van der Waals surface area contributed by atoms with Crippen LogP contribution in [0.5, 0.6) is 0 Å². The highest BCUT2D eigenvalue weighted by atomic mass is 35.5. The molecule has 102 valence electrons. The van der Waals surface area contributed by atoms with Gasteiger partial charge in [0.15, 0.2) is 0 Å². The van der Waals surface area contributed by atoms with Crippen LogP contribution in [0.25, 0.3) is 0 Å². The molecule has 0 aliphatic rings. The molecule has 0 aliphatic carbocycles. The molecule has 3 nitrogen and oxygen atoms in total. The first-order valence-electron chi connectivity index (χ1n) is 4.94. The summed E-state index contributed by atoms with van der Waals surface area (Å²) in [4.78, 5) is 11.9. The zero-order valence-corrected chi connectivity index (χ0v) is 13.2. The predicted octanol–water partition coefficient (Wildman–Crippen LogP) is 4.31. The lowest BCUT2D eigenvalue weighted by Crippen LogP contribution is -2.46. The number of halogens is 4. The molecule has 0 heterocycles. The number of hydrogen-bond donors (Lipinski definition) is 1. The maximum Gasteiger partial charge on any atom is 0.269 e. The fraction of sp³-hybridized carbons (Fsp3) is 0.364. The van der Waals surface area contributed by atoms with Crippen molar-refractivity contribution in [3.63, 3.8) is 0 Å². The van der Waals surface area contributed by atoms with E-state index in [0.29, 0.717) is 0 Å². The maximum absolute atomic E-state index is 11.9. The summed E-state index contributed by atoms with van der Waals surface area (Å²) in [6, 6.07) is 4.86. The van der Waals surface area contributed by atoms with Crippen molar-refractivity contribution in [1.29, 1.82) is 0 Å². The molecule has 0 saturated heterocycles. The van der Waals surface area contributed by atoms with E-state index < -0.39 is 11.4 Å². The van der Waals surface area contributed by atoms with Gasteiger partial charge in [0.05, 0.1) is 15.6 Å². The first-order valence-corrected chi connectivity index (χ1v) is 6.04. The standard InChI is InChI=1S/C11H13Cl3N2O.ClH/c1-11(2,3)16(14)15-10(17)9-7(12)5-4-6-8(9)13;/h4-6H,1-3H3,(H,15,17);1H. The zero-order valence-electron chi connectivity index (χ0n) is 10.1. The van der Waals surface area contributed by atoms with Crippen molar-refractivity contribution in [3.05, 3.63) is 33.8 Å². The molecule has 7 heteroatoms. The van der Waals surface area contributed by atoms with E-state index in [1.807, 2.05) is 20.8 Å². The summed E-state index contributed by atoms with van der Waals surface area (Å²) < 4.78 is 1.19. The van der Waals surface area contributed by atoms with E-state index in [9.17, 15) is 4.79 Å². The van der Waals surface area contributed by atoms with Crippen LogP contribution in [0, 0.1) is 0 Å². The topological polar surface area (TPSA) is 32.3 Å². The fourth-order valence-electron chi connectivity index (χ4n) is 1.03. The van der Waals surface area contributed by atoms with Crippen LogP contribution in [0.15, 0.2) is 18.2 Å². The van der Waals surface area contributed by atoms with Gasteiger partial charge in [-0.1, -0.05) is 29.3 Å². The number of nitrogens with one attached hydrogen (secondary N) is 1. The van der Waals surface area contributed by atoms with Crippen molar-refractivity contribution < 1.29 is 4.79 Å². The van der Waals surface area contributed by atoms with Gasteiger partial charge in [-0.2, -0.15) is 0 Å². The van der Waals surface area contributed by atoms with E-state index in [4.69, 9.17) is 35.0 Å². The van der Waals surface area contributed by atoms with Crippen LogP contribution in [0.1, 0.15) is 31.1 Å². The molecule has 0 spiro atoms. The van der Waals surface area contributed by atoms with Crippen LogP contribution < -0.4 is 5.43 Å². The van der Waals surface area contributed by atoms with Gasteiger partial charge >= 0.3 is 0 Å². The maximum atomic E-state index is 11.9. The van der Waals surface area contributed by atoms with Crippen LogP contribution in [0.2, 0.25) is 10.0 Å². The highest BCUT2D eigenvalue weighted by molar-refractivity contribution is 6.39. The molecule has 1 aromatic carbocycles. The van der Waals surface area contributed by atoms with E-state index in [1.54, 1.807) is 18.2 Å². The van der Waals surface area contributed by atoms with Gasteiger partial charge in [0.1, 0.15) is 0 Å². The number of amides is 1. The van der Waals surface area contributed by atoms with Gasteiger partial charge in [0.2, 0.25) is 0 Å². The molecule has 1 amide bonds. The molecule has 0 aliphatic heterocycles. The van der Waals surface area contributed by atoms with E-state index >= 15 is 0 Å². The monoisotopic (exact) mass is 330 g/mol. The van der Waals surface area contributed by atoms with Crippen LogP contribution in [0.3, 0.4) is 0 Å². The normalized spacial score (nSPS) is 11.1. The number of hydrogen-bond acceptors (Lipinski definition) is 2. The second kappa shape index (κ2) is 6.83. The Hall–Kier alpha value is -0.190. The lowest BCUT2D eigenvalue weighted by Gasteiger charge is -2.28. The molecule has 18 heavy (non-hydrogen) atoms. The number of carbonyl (C=O) groups is 1. The minimum absolute atomic E-state index is 0. The number of carbonyl (C=O) groups excluding carboxylic acids is 1. The summed E-state index contributed by atoms with van der Waals surface area (Å²) in [5, 5.41) is 0.572.